The van der Waals surface area contributed by atoms with Gasteiger partial charge in [0, 0.05) is 5.02 Å². The van der Waals surface area contributed by atoms with Gasteiger partial charge in [-0.3, -0.25) is 0 Å². The first kappa shape index (κ1) is 14.0. The molecule has 4 nitrogen and oxygen atoms in total. The zero-order valence-corrected chi connectivity index (χ0v) is 11.9. The van der Waals surface area contributed by atoms with Crippen LogP contribution >= 0.6 is 11.6 Å². The Morgan fingerprint density at radius 3 is 2.42 bits per heavy atom. The quantitative estimate of drug-likeness (QED) is 0.912. The number of halogens is 1. The minimum Gasteiger partial charge on any atom is -0.339 e. The summed E-state index contributed by atoms with van der Waals surface area (Å²) in [5.41, 5.74) is 6.82. The first-order chi connectivity index (χ1) is 9.07. The molecule has 0 aliphatic rings. The summed E-state index contributed by atoms with van der Waals surface area (Å²) in [6.07, 6.45) is 2.15. The predicted molar refractivity (Wildman–Crippen MR) is 75.0 cm³/mol. The van der Waals surface area contributed by atoms with Gasteiger partial charge in [-0.1, -0.05) is 42.7 Å². The maximum atomic E-state index is 6.24. The van der Waals surface area contributed by atoms with Crippen molar-refractivity contribution in [1.82, 2.24) is 10.1 Å². The molecule has 1 aromatic heterocycles. The average Bonchev–Trinajstić information content (AvgIpc) is 2.89. The van der Waals surface area contributed by atoms with E-state index >= 15 is 0 Å². The molecule has 2 rings (SSSR count). The van der Waals surface area contributed by atoms with Gasteiger partial charge in [0.05, 0.1) is 12.0 Å². The number of benzene rings is 1. The fraction of sp³-hybridized carbons (Fsp3) is 0.429. The van der Waals surface area contributed by atoms with Crippen LogP contribution in [0, 0.1) is 0 Å². The van der Waals surface area contributed by atoms with Crippen LogP contribution in [0.15, 0.2) is 28.8 Å². The predicted octanol–water partition coefficient (Wildman–Crippen LogP) is 3.29. The molecule has 19 heavy (non-hydrogen) atoms. The van der Waals surface area contributed by atoms with Gasteiger partial charge in [0.1, 0.15) is 0 Å². The van der Waals surface area contributed by atoms with Crippen LogP contribution < -0.4 is 5.73 Å². The van der Waals surface area contributed by atoms with E-state index in [2.05, 4.69) is 10.1 Å². The molecule has 0 saturated heterocycles. The van der Waals surface area contributed by atoms with Gasteiger partial charge < -0.3 is 10.3 Å². The smallest absolute Gasteiger partial charge is 0.231 e. The van der Waals surface area contributed by atoms with Crippen molar-refractivity contribution in [3.63, 3.8) is 0 Å². The zero-order chi connectivity index (χ0) is 13.9. The molecular weight excluding hydrogens is 262 g/mol. The second-order valence-corrected chi connectivity index (χ2v) is 5.11. The standard InChI is InChI=1S/C14H18ClN3O/c1-3-14(16,4-2)13-17-12(19-18-13)9-10-5-7-11(15)8-6-10/h5-8H,3-4,9,16H2,1-2H3. The van der Waals surface area contributed by atoms with Crippen molar-refractivity contribution in [2.24, 2.45) is 5.73 Å². The molecule has 2 aromatic rings. The van der Waals surface area contributed by atoms with Gasteiger partial charge in [0.15, 0.2) is 5.82 Å². The number of rotatable bonds is 5. The molecule has 5 heteroatoms. The third-order valence-electron chi connectivity index (χ3n) is 3.44. The van der Waals surface area contributed by atoms with Crippen LogP contribution in [0.4, 0.5) is 0 Å². The molecule has 2 N–H and O–H groups in total. The highest BCUT2D eigenvalue weighted by molar-refractivity contribution is 6.30. The van der Waals surface area contributed by atoms with Crippen molar-refractivity contribution in [2.45, 2.75) is 38.6 Å². The van der Waals surface area contributed by atoms with Crippen molar-refractivity contribution < 1.29 is 4.52 Å². The second-order valence-electron chi connectivity index (χ2n) is 4.68. The number of nitrogens with zero attached hydrogens (tertiary/aromatic N) is 2. The Kier molecular flexibility index (Phi) is 4.22. The van der Waals surface area contributed by atoms with E-state index in [-0.39, 0.29) is 0 Å². The Hall–Kier alpha value is -1.39. The monoisotopic (exact) mass is 279 g/mol. The van der Waals surface area contributed by atoms with E-state index in [1.165, 1.54) is 0 Å². The maximum Gasteiger partial charge on any atom is 0.231 e. The molecule has 0 fully saturated rings. The molecule has 0 spiro atoms. The topological polar surface area (TPSA) is 64.9 Å². The van der Waals surface area contributed by atoms with E-state index in [9.17, 15) is 0 Å². The van der Waals surface area contributed by atoms with E-state index in [1.54, 1.807) is 0 Å². The summed E-state index contributed by atoms with van der Waals surface area (Å²) in [6, 6.07) is 7.59. The van der Waals surface area contributed by atoms with Crippen LogP contribution in [-0.4, -0.2) is 10.1 Å². The van der Waals surface area contributed by atoms with Crippen molar-refractivity contribution >= 4 is 11.6 Å². The molecule has 0 unspecified atom stereocenters. The van der Waals surface area contributed by atoms with Gasteiger partial charge in [-0.25, -0.2) is 0 Å². The van der Waals surface area contributed by atoms with E-state index in [0.717, 1.165) is 18.4 Å². The number of nitrogens with two attached hydrogens (primary N) is 1. The minimum absolute atomic E-state index is 0.498. The van der Waals surface area contributed by atoms with E-state index in [1.807, 2.05) is 38.1 Å². The van der Waals surface area contributed by atoms with Crippen LogP contribution in [0.25, 0.3) is 0 Å². The number of aromatic nitrogens is 2. The Labute approximate surface area is 118 Å². The van der Waals surface area contributed by atoms with Gasteiger partial charge >= 0.3 is 0 Å². The summed E-state index contributed by atoms with van der Waals surface area (Å²) in [6.45, 7) is 4.05. The molecular formula is C14H18ClN3O. The maximum absolute atomic E-state index is 6.24. The van der Waals surface area contributed by atoms with Gasteiger partial charge in [-0.15, -0.1) is 0 Å². The minimum atomic E-state index is -0.498. The Balaban J connectivity index is 2.15. The third-order valence-corrected chi connectivity index (χ3v) is 3.70. The fourth-order valence-electron chi connectivity index (χ4n) is 1.87. The Morgan fingerprint density at radius 2 is 1.84 bits per heavy atom. The molecule has 0 aliphatic carbocycles. The van der Waals surface area contributed by atoms with Gasteiger partial charge in [-0.05, 0) is 30.5 Å². The highest BCUT2D eigenvalue weighted by Crippen LogP contribution is 2.23. The molecule has 1 aromatic carbocycles. The van der Waals surface area contributed by atoms with Crippen molar-refractivity contribution in [2.75, 3.05) is 0 Å². The van der Waals surface area contributed by atoms with E-state index < -0.39 is 5.54 Å². The lowest BCUT2D eigenvalue weighted by atomic mass is 9.93. The molecule has 0 saturated carbocycles. The lowest BCUT2D eigenvalue weighted by molar-refractivity contribution is 0.337. The van der Waals surface area contributed by atoms with E-state index in [4.69, 9.17) is 21.9 Å². The van der Waals surface area contributed by atoms with Crippen molar-refractivity contribution in [1.29, 1.82) is 0 Å². The molecule has 0 atom stereocenters. The summed E-state index contributed by atoms with van der Waals surface area (Å²) in [4.78, 5) is 4.41. The molecule has 0 amide bonds. The first-order valence-corrected chi connectivity index (χ1v) is 6.81. The molecule has 1 heterocycles. The van der Waals surface area contributed by atoms with Crippen LogP contribution in [-0.2, 0) is 12.0 Å². The van der Waals surface area contributed by atoms with Crippen LogP contribution in [0.3, 0.4) is 0 Å². The summed E-state index contributed by atoms with van der Waals surface area (Å²) in [7, 11) is 0. The largest absolute Gasteiger partial charge is 0.339 e. The summed E-state index contributed by atoms with van der Waals surface area (Å²) >= 11 is 5.85. The highest BCUT2D eigenvalue weighted by atomic mass is 35.5. The normalized spacial score (nSPS) is 11.8. The Bertz CT molecular complexity index is 532. The number of hydrogen-bond acceptors (Lipinski definition) is 4. The lowest BCUT2D eigenvalue weighted by Crippen LogP contribution is -2.36. The number of hydrogen-bond donors (Lipinski definition) is 1. The summed E-state index contributed by atoms with van der Waals surface area (Å²) in [5, 5.41) is 4.72. The van der Waals surface area contributed by atoms with Crippen molar-refractivity contribution in [3.8, 4) is 0 Å². The average molecular weight is 280 g/mol. The van der Waals surface area contributed by atoms with Gasteiger partial charge in [0.25, 0.3) is 0 Å². The third kappa shape index (κ3) is 3.14. The second kappa shape index (κ2) is 5.72. The van der Waals surface area contributed by atoms with Gasteiger partial charge in [-0.2, -0.15) is 4.98 Å². The SMILES string of the molecule is CCC(N)(CC)c1noc(Cc2ccc(Cl)cc2)n1. The first-order valence-electron chi connectivity index (χ1n) is 6.43. The van der Waals surface area contributed by atoms with Gasteiger partial charge in [0.2, 0.25) is 5.89 Å². The molecule has 102 valence electrons. The van der Waals surface area contributed by atoms with E-state index in [0.29, 0.717) is 23.2 Å². The van der Waals surface area contributed by atoms with Crippen LogP contribution in [0.2, 0.25) is 5.02 Å². The summed E-state index contributed by atoms with van der Waals surface area (Å²) in [5.74, 6) is 1.16. The zero-order valence-electron chi connectivity index (χ0n) is 11.2. The van der Waals surface area contributed by atoms with Crippen LogP contribution in [0.1, 0.15) is 44.0 Å². The van der Waals surface area contributed by atoms with Crippen LogP contribution in [0.5, 0.6) is 0 Å². The lowest BCUT2D eigenvalue weighted by Gasteiger charge is -2.21. The van der Waals surface area contributed by atoms with Crippen molar-refractivity contribution in [3.05, 3.63) is 46.6 Å². The summed E-state index contributed by atoms with van der Waals surface area (Å²) < 4.78 is 5.27. The molecule has 0 radical (unpaired) electrons. The fourth-order valence-corrected chi connectivity index (χ4v) is 2.00. The Morgan fingerprint density at radius 1 is 1.21 bits per heavy atom. The molecule has 0 aliphatic heterocycles. The molecule has 0 bridgehead atoms. The highest BCUT2D eigenvalue weighted by Gasteiger charge is 2.28.